The van der Waals surface area contributed by atoms with Gasteiger partial charge >= 0.3 is 6.18 Å². The van der Waals surface area contributed by atoms with Crippen LogP contribution in [0.3, 0.4) is 0 Å². The topological polar surface area (TPSA) is 41.1 Å². The lowest BCUT2D eigenvalue weighted by atomic mass is 10.1. The van der Waals surface area contributed by atoms with Crippen LogP contribution in [0.2, 0.25) is 0 Å². The molecular weight excluding hydrogens is 221 g/mol. The summed E-state index contributed by atoms with van der Waals surface area (Å²) in [6.07, 6.45) is -4.99. The standard InChI is InChI=1S/C10H19F3N2O/c1-6(2)14-8(10(11,12)13)5-9(16)15-7(3)4/h6-8,14H,5H2,1-4H3,(H,15,16). The van der Waals surface area contributed by atoms with Gasteiger partial charge in [0, 0.05) is 12.1 Å². The largest absolute Gasteiger partial charge is 0.404 e. The molecule has 6 heteroatoms. The summed E-state index contributed by atoms with van der Waals surface area (Å²) in [5.74, 6) is -0.592. The summed E-state index contributed by atoms with van der Waals surface area (Å²) in [4.78, 5) is 11.2. The maximum absolute atomic E-state index is 12.5. The number of carbonyl (C=O) groups excluding carboxylic acids is 1. The molecule has 0 aliphatic carbocycles. The number of nitrogens with one attached hydrogen (secondary N) is 2. The Morgan fingerprint density at radius 3 is 1.94 bits per heavy atom. The summed E-state index contributed by atoms with van der Waals surface area (Å²) in [5, 5.41) is 4.78. The van der Waals surface area contributed by atoms with Crippen LogP contribution in [-0.2, 0) is 4.79 Å². The number of amides is 1. The Bertz CT molecular complexity index is 227. The Balaban J connectivity index is 4.38. The van der Waals surface area contributed by atoms with Crippen molar-refractivity contribution >= 4 is 5.91 Å². The van der Waals surface area contributed by atoms with Crippen LogP contribution < -0.4 is 10.6 Å². The van der Waals surface area contributed by atoms with Crippen molar-refractivity contribution in [3.8, 4) is 0 Å². The van der Waals surface area contributed by atoms with Crippen molar-refractivity contribution in [2.75, 3.05) is 0 Å². The highest BCUT2D eigenvalue weighted by atomic mass is 19.4. The maximum atomic E-state index is 12.5. The second kappa shape index (κ2) is 6.08. The third-order valence-corrected chi connectivity index (χ3v) is 1.77. The summed E-state index contributed by atoms with van der Waals surface area (Å²) in [5.41, 5.74) is 0. The summed E-state index contributed by atoms with van der Waals surface area (Å²) in [6, 6.07) is -2.26. The molecule has 0 saturated carbocycles. The molecule has 96 valence electrons. The van der Waals surface area contributed by atoms with Crippen molar-refractivity contribution < 1.29 is 18.0 Å². The Labute approximate surface area is 93.8 Å². The first-order chi connectivity index (χ1) is 7.12. The lowest BCUT2D eigenvalue weighted by molar-refractivity contribution is -0.163. The molecule has 0 radical (unpaired) electrons. The molecule has 0 aliphatic heterocycles. The summed E-state index contributed by atoms with van der Waals surface area (Å²) < 4.78 is 37.6. The van der Waals surface area contributed by atoms with Crippen LogP contribution >= 0.6 is 0 Å². The molecule has 2 N–H and O–H groups in total. The molecule has 0 saturated heterocycles. The maximum Gasteiger partial charge on any atom is 0.404 e. The van der Waals surface area contributed by atoms with E-state index in [4.69, 9.17) is 0 Å². The molecule has 0 rings (SSSR count). The zero-order valence-electron chi connectivity index (χ0n) is 9.98. The monoisotopic (exact) mass is 240 g/mol. The first-order valence-electron chi connectivity index (χ1n) is 5.25. The zero-order chi connectivity index (χ0) is 12.9. The molecule has 0 heterocycles. The van der Waals surface area contributed by atoms with E-state index in [0.717, 1.165) is 0 Å². The highest BCUT2D eigenvalue weighted by Crippen LogP contribution is 2.22. The molecule has 0 aromatic heterocycles. The van der Waals surface area contributed by atoms with Gasteiger partial charge in [-0.3, -0.25) is 4.79 Å². The van der Waals surface area contributed by atoms with Gasteiger partial charge in [0.25, 0.3) is 0 Å². The van der Waals surface area contributed by atoms with Crippen LogP contribution in [0.25, 0.3) is 0 Å². The van der Waals surface area contributed by atoms with Crippen LogP contribution in [0.1, 0.15) is 34.1 Å². The summed E-state index contributed by atoms with van der Waals surface area (Å²) in [7, 11) is 0. The SMILES string of the molecule is CC(C)NC(=O)CC(NC(C)C)C(F)(F)F. The van der Waals surface area contributed by atoms with Gasteiger partial charge in [-0.25, -0.2) is 0 Å². The van der Waals surface area contributed by atoms with Crippen LogP contribution in [0.4, 0.5) is 13.2 Å². The predicted octanol–water partition coefficient (Wildman–Crippen LogP) is 1.83. The molecular formula is C10H19F3N2O. The number of hydrogen-bond donors (Lipinski definition) is 2. The van der Waals surface area contributed by atoms with Crippen LogP contribution in [0.15, 0.2) is 0 Å². The van der Waals surface area contributed by atoms with Gasteiger partial charge in [-0.15, -0.1) is 0 Å². The third-order valence-electron chi connectivity index (χ3n) is 1.77. The van der Waals surface area contributed by atoms with E-state index >= 15 is 0 Å². The molecule has 0 aromatic carbocycles. The van der Waals surface area contributed by atoms with E-state index in [1.54, 1.807) is 27.7 Å². The van der Waals surface area contributed by atoms with Gasteiger partial charge in [0.2, 0.25) is 5.91 Å². The van der Waals surface area contributed by atoms with Crippen LogP contribution in [0.5, 0.6) is 0 Å². The Morgan fingerprint density at radius 1 is 1.12 bits per heavy atom. The average molecular weight is 240 g/mol. The van der Waals surface area contributed by atoms with Crippen molar-refractivity contribution in [3.63, 3.8) is 0 Å². The minimum atomic E-state index is -4.40. The van der Waals surface area contributed by atoms with E-state index in [-0.39, 0.29) is 12.1 Å². The molecule has 1 atom stereocenters. The van der Waals surface area contributed by atoms with E-state index in [2.05, 4.69) is 10.6 Å². The van der Waals surface area contributed by atoms with Gasteiger partial charge in [0.1, 0.15) is 6.04 Å². The highest BCUT2D eigenvalue weighted by molar-refractivity contribution is 5.76. The first-order valence-corrected chi connectivity index (χ1v) is 5.25. The fraction of sp³-hybridized carbons (Fsp3) is 0.900. The van der Waals surface area contributed by atoms with Crippen molar-refractivity contribution in [1.29, 1.82) is 0 Å². The van der Waals surface area contributed by atoms with Crippen molar-refractivity contribution in [1.82, 2.24) is 10.6 Å². The molecule has 0 aliphatic rings. The molecule has 3 nitrogen and oxygen atoms in total. The van der Waals surface area contributed by atoms with E-state index in [0.29, 0.717) is 0 Å². The molecule has 1 amide bonds. The van der Waals surface area contributed by atoms with Gasteiger partial charge in [-0.05, 0) is 13.8 Å². The number of halogens is 3. The number of rotatable bonds is 5. The first kappa shape index (κ1) is 15.2. The Hall–Kier alpha value is -0.780. The fourth-order valence-corrected chi connectivity index (χ4v) is 1.24. The van der Waals surface area contributed by atoms with E-state index in [1.807, 2.05) is 0 Å². The van der Waals surface area contributed by atoms with Gasteiger partial charge < -0.3 is 10.6 Å². The summed E-state index contributed by atoms with van der Waals surface area (Å²) in [6.45, 7) is 6.63. The minimum absolute atomic E-state index is 0.152. The van der Waals surface area contributed by atoms with Crippen LogP contribution in [0, 0.1) is 0 Å². The third kappa shape index (κ3) is 6.66. The zero-order valence-corrected chi connectivity index (χ0v) is 9.98. The van der Waals surface area contributed by atoms with E-state index in [1.165, 1.54) is 0 Å². The number of alkyl halides is 3. The van der Waals surface area contributed by atoms with Gasteiger partial charge in [0.05, 0.1) is 6.42 Å². The highest BCUT2D eigenvalue weighted by Gasteiger charge is 2.40. The predicted molar refractivity (Wildman–Crippen MR) is 56.0 cm³/mol. The second-order valence-electron chi connectivity index (χ2n) is 4.34. The minimum Gasteiger partial charge on any atom is -0.354 e. The fourth-order valence-electron chi connectivity index (χ4n) is 1.24. The summed E-state index contributed by atoms with van der Waals surface area (Å²) >= 11 is 0. The van der Waals surface area contributed by atoms with Crippen LogP contribution in [-0.4, -0.2) is 30.2 Å². The molecule has 0 aromatic rings. The molecule has 0 spiro atoms. The smallest absolute Gasteiger partial charge is 0.354 e. The molecule has 0 fully saturated rings. The van der Waals surface area contributed by atoms with Gasteiger partial charge in [0.15, 0.2) is 0 Å². The molecule has 16 heavy (non-hydrogen) atoms. The molecule has 1 unspecified atom stereocenters. The van der Waals surface area contributed by atoms with Crippen molar-refractivity contribution in [3.05, 3.63) is 0 Å². The lowest BCUT2D eigenvalue weighted by Crippen LogP contribution is -2.48. The second-order valence-corrected chi connectivity index (χ2v) is 4.34. The Morgan fingerprint density at radius 2 is 1.62 bits per heavy atom. The van der Waals surface area contributed by atoms with E-state index in [9.17, 15) is 18.0 Å². The molecule has 0 bridgehead atoms. The normalized spacial score (nSPS) is 14.3. The van der Waals surface area contributed by atoms with Gasteiger partial charge in [-0.2, -0.15) is 13.2 Å². The number of hydrogen-bond acceptors (Lipinski definition) is 2. The van der Waals surface area contributed by atoms with Crippen molar-refractivity contribution in [2.45, 2.75) is 58.4 Å². The van der Waals surface area contributed by atoms with Gasteiger partial charge in [-0.1, -0.05) is 13.8 Å². The van der Waals surface area contributed by atoms with Crippen molar-refractivity contribution in [2.24, 2.45) is 0 Å². The Kier molecular flexibility index (Phi) is 5.78. The number of carbonyl (C=O) groups is 1. The average Bonchev–Trinajstić information content (AvgIpc) is 1.98. The van der Waals surface area contributed by atoms with E-state index < -0.39 is 24.5 Å². The quantitative estimate of drug-likeness (QED) is 0.769. The lowest BCUT2D eigenvalue weighted by Gasteiger charge is -2.23.